The van der Waals surface area contributed by atoms with Gasteiger partial charge in [0.25, 0.3) is 0 Å². The Hall–Kier alpha value is -2.08. The number of hydrogen-bond donors (Lipinski definition) is 0. The van der Waals surface area contributed by atoms with E-state index in [4.69, 9.17) is 14.2 Å². The van der Waals surface area contributed by atoms with Gasteiger partial charge in [-0.25, -0.2) is 0 Å². The molecule has 0 unspecified atom stereocenters. The average molecular weight is 427 g/mol. The predicted molar refractivity (Wildman–Crippen MR) is 129 cm³/mol. The second-order valence-electron chi connectivity index (χ2n) is 7.85. The van der Waals surface area contributed by atoms with Gasteiger partial charge >= 0.3 is 0 Å². The van der Waals surface area contributed by atoms with Crippen molar-refractivity contribution in [3.8, 4) is 0 Å². The molecule has 170 valence electrons. The van der Waals surface area contributed by atoms with E-state index in [1.807, 2.05) is 0 Å². The number of rotatable bonds is 4. The highest BCUT2D eigenvalue weighted by molar-refractivity contribution is 5.48. The molecule has 0 saturated carbocycles. The highest BCUT2D eigenvalue weighted by Crippen LogP contribution is 2.17. The fraction of sp³-hybridized carbons (Fsp3) is 0.538. The first-order valence-corrected chi connectivity index (χ1v) is 11.7. The van der Waals surface area contributed by atoms with E-state index >= 15 is 0 Å². The molecule has 2 aromatic rings. The van der Waals surface area contributed by atoms with Crippen LogP contribution in [0.15, 0.2) is 48.5 Å². The Morgan fingerprint density at radius 1 is 0.516 bits per heavy atom. The van der Waals surface area contributed by atoms with Crippen LogP contribution in [0.5, 0.6) is 0 Å². The van der Waals surface area contributed by atoms with Crippen LogP contribution in [0.3, 0.4) is 0 Å². The fourth-order valence-electron chi connectivity index (χ4n) is 3.75. The molecule has 5 heteroatoms. The summed E-state index contributed by atoms with van der Waals surface area (Å²) in [5, 5.41) is 0. The number of hydrogen-bond acceptors (Lipinski definition) is 5. The molecule has 31 heavy (non-hydrogen) atoms. The van der Waals surface area contributed by atoms with Crippen molar-refractivity contribution >= 4 is 11.4 Å². The molecule has 0 radical (unpaired) electrons. The molecule has 0 bridgehead atoms. The van der Waals surface area contributed by atoms with Crippen molar-refractivity contribution in [2.75, 3.05) is 75.6 Å². The quantitative estimate of drug-likeness (QED) is 0.732. The number of anilines is 2. The van der Waals surface area contributed by atoms with E-state index in [0.717, 1.165) is 39.0 Å². The summed E-state index contributed by atoms with van der Waals surface area (Å²) >= 11 is 0. The number of ether oxygens (including phenoxy) is 3. The van der Waals surface area contributed by atoms with Gasteiger partial charge in [-0.15, -0.1) is 0 Å². The van der Waals surface area contributed by atoms with Crippen LogP contribution in [-0.2, 0) is 27.1 Å². The summed E-state index contributed by atoms with van der Waals surface area (Å²) in [6, 6.07) is 17.7. The maximum Gasteiger partial charge on any atom is 0.0701 e. The smallest absolute Gasteiger partial charge is 0.0701 e. The van der Waals surface area contributed by atoms with E-state index in [0.29, 0.717) is 39.6 Å². The van der Waals surface area contributed by atoms with Gasteiger partial charge in [0.05, 0.1) is 39.6 Å². The minimum absolute atomic E-state index is 0.629. The first-order valence-electron chi connectivity index (χ1n) is 11.7. The van der Waals surface area contributed by atoms with Crippen molar-refractivity contribution in [3.63, 3.8) is 0 Å². The predicted octanol–water partition coefficient (Wildman–Crippen LogP) is 4.19. The fourth-order valence-corrected chi connectivity index (χ4v) is 3.75. The normalized spacial score (nSPS) is 17.7. The molecule has 1 saturated heterocycles. The molecular formula is C26H38N2O3. The Balaban J connectivity index is 1.59. The topological polar surface area (TPSA) is 34.2 Å². The molecule has 0 spiro atoms. The minimum Gasteiger partial charge on any atom is -0.378 e. The third-order valence-electron chi connectivity index (χ3n) is 5.81. The highest BCUT2D eigenvalue weighted by Gasteiger charge is 2.10. The molecule has 1 aliphatic rings. The SMILES string of the molecule is CCc1ccc(N2CCOCCOCCN(c3ccc(CC)cc3)CCOCC2)cc1. The second kappa shape index (κ2) is 13.4. The zero-order chi connectivity index (χ0) is 21.7. The molecule has 2 aromatic carbocycles. The number of aryl methyl sites for hydroxylation is 2. The lowest BCUT2D eigenvalue weighted by molar-refractivity contribution is 0.0530. The molecule has 1 aliphatic heterocycles. The molecule has 0 N–H and O–H groups in total. The monoisotopic (exact) mass is 426 g/mol. The Labute approximate surface area is 187 Å². The van der Waals surface area contributed by atoms with Crippen molar-refractivity contribution < 1.29 is 14.2 Å². The lowest BCUT2D eigenvalue weighted by Gasteiger charge is -2.26. The van der Waals surface area contributed by atoms with Gasteiger partial charge in [-0.05, 0) is 48.2 Å². The van der Waals surface area contributed by atoms with Crippen LogP contribution in [0.1, 0.15) is 25.0 Å². The Bertz CT molecular complexity index is 670. The van der Waals surface area contributed by atoms with Crippen molar-refractivity contribution in [3.05, 3.63) is 59.7 Å². The average Bonchev–Trinajstić information content (AvgIpc) is 2.83. The summed E-state index contributed by atoms with van der Waals surface area (Å²) in [7, 11) is 0. The lowest BCUT2D eigenvalue weighted by Crippen LogP contribution is -2.33. The third kappa shape index (κ3) is 7.84. The maximum atomic E-state index is 6.04. The van der Waals surface area contributed by atoms with E-state index in [9.17, 15) is 0 Å². The first kappa shape index (κ1) is 23.6. The van der Waals surface area contributed by atoms with Gasteiger partial charge < -0.3 is 24.0 Å². The first-order chi connectivity index (χ1) is 15.3. The van der Waals surface area contributed by atoms with Crippen LogP contribution in [0.2, 0.25) is 0 Å². The van der Waals surface area contributed by atoms with Gasteiger partial charge in [0.2, 0.25) is 0 Å². The van der Waals surface area contributed by atoms with Gasteiger partial charge in [0.1, 0.15) is 0 Å². The largest absolute Gasteiger partial charge is 0.378 e. The zero-order valence-electron chi connectivity index (χ0n) is 19.2. The minimum atomic E-state index is 0.629. The van der Waals surface area contributed by atoms with Gasteiger partial charge in [-0.1, -0.05) is 38.1 Å². The molecule has 1 fully saturated rings. The van der Waals surface area contributed by atoms with Crippen LogP contribution in [0, 0.1) is 0 Å². The molecule has 3 rings (SSSR count). The summed E-state index contributed by atoms with van der Waals surface area (Å²) in [6.07, 6.45) is 2.12. The summed E-state index contributed by atoms with van der Waals surface area (Å²) in [6.45, 7) is 11.8. The lowest BCUT2D eigenvalue weighted by atomic mass is 10.1. The van der Waals surface area contributed by atoms with Crippen molar-refractivity contribution in [1.29, 1.82) is 0 Å². The Kier molecular flexibility index (Phi) is 10.2. The van der Waals surface area contributed by atoms with Crippen LogP contribution in [-0.4, -0.2) is 65.8 Å². The Morgan fingerprint density at radius 2 is 0.839 bits per heavy atom. The van der Waals surface area contributed by atoms with Crippen LogP contribution in [0.25, 0.3) is 0 Å². The van der Waals surface area contributed by atoms with Gasteiger partial charge in [-0.2, -0.15) is 0 Å². The molecule has 5 nitrogen and oxygen atoms in total. The molecule has 0 atom stereocenters. The van der Waals surface area contributed by atoms with Crippen LogP contribution >= 0.6 is 0 Å². The summed E-state index contributed by atoms with van der Waals surface area (Å²) < 4.78 is 17.7. The highest BCUT2D eigenvalue weighted by atomic mass is 16.5. The number of nitrogens with zero attached hydrogens (tertiary/aromatic N) is 2. The van der Waals surface area contributed by atoms with E-state index < -0.39 is 0 Å². The van der Waals surface area contributed by atoms with E-state index in [1.54, 1.807) is 0 Å². The molecule has 0 aromatic heterocycles. The molecule has 1 heterocycles. The maximum absolute atomic E-state index is 6.04. The van der Waals surface area contributed by atoms with Crippen LogP contribution < -0.4 is 9.80 Å². The second-order valence-corrected chi connectivity index (χ2v) is 7.85. The van der Waals surface area contributed by atoms with Crippen LogP contribution in [0.4, 0.5) is 11.4 Å². The van der Waals surface area contributed by atoms with Crippen molar-refractivity contribution in [1.82, 2.24) is 0 Å². The third-order valence-corrected chi connectivity index (χ3v) is 5.81. The summed E-state index contributed by atoms with van der Waals surface area (Å²) in [5.41, 5.74) is 5.17. The van der Waals surface area contributed by atoms with Gasteiger partial charge in [0, 0.05) is 37.6 Å². The summed E-state index contributed by atoms with van der Waals surface area (Å²) in [4.78, 5) is 4.70. The Morgan fingerprint density at radius 3 is 1.16 bits per heavy atom. The molecular weight excluding hydrogens is 388 g/mol. The van der Waals surface area contributed by atoms with Gasteiger partial charge in [-0.3, -0.25) is 0 Å². The van der Waals surface area contributed by atoms with E-state index in [2.05, 4.69) is 72.2 Å². The molecule has 0 aliphatic carbocycles. The van der Waals surface area contributed by atoms with Crippen molar-refractivity contribution in [2.24, 2.45) is 0 Å². The van der Waals surface area contributed by atoms with Gasteiger partial charge in [0.15, 0.2) is 0 Å². The van der Waals surface area contributed by atoms with E-state index in [-0.39, 0.29) is 0 Å². The van der Waals surface area contributed by atoms with E-state index in [1.165, 1.54) is 22.5 Å². The standard InChI is InChI=1S/C26H38N2O3/c1-3-23-5-9-25(10-6-23)27-13-17-29-18-14-28(16-20-31-22-21-30-19-15-27)26-11-7-24(4-2)8-12-26/h5-12H,3-4,13-22H2,1-2H3. The summed E-state index contributed by atoms with van der Waals surface area (Å²) in [5.74, 6) is 0. The number of benzene rings is 2. The molecule has 0 amide bonds. The zero-order valence-corrected chi connectivity index (χ0v) is 19.2. The van der Waals surface area contributed by atoms with Crippen molar-refractivity contribution in [2.45, 2.75) is 26.7 Å².